The molecule has 0 aromatic heterocycles. The maximum atomic E-state index is 5.96. The number of benzene rings is 1. The zero-order valence-corrected chi connectivity index (χ0v) is 12.3. The number of hydrogen-bond donors (Lipinski definition) is 1. The van der Waals surface area contributed by atoms with E-state index in [-0.39, 0.29) is 0 Å². The Morgan fingerprint density at radius 1 is 1.25 bits per heavy atom. The largest absolute Gasteiger partial charge is 0.492 e. The molecule has 3 rings (SSSR count). The molecule has 4 nitrogen and oxygen atoms in total. The molecule has 4 heteroatoms. The van der Waals surface area contributed by atoms with E-state index in [4.69, 9.17) is 10.5 Å². The zero-order valence-electron chi connectivity index (χ0n) is 12.3. The Morgan fingerprint density at radius 2 is 2.15 bits per heavy atom. The van der Waals surface area contributed by atoms with E-state index in [0.29, 0.717) is 6.61 Å². The lowest BCUT2D eigenvalue weighted by molar-refractivity contribution is 0.133. The summed E-state index contributed by atoms with van der Waals surface area (Å²) in [6.45, 7) is 7.35. The molecule has 0 saturated carbocycles. The molecular weight excluding hydrogens is 250 g/mol. The fraction of sp³-hybridized carbons (Fsp3) is 0.625. The fourth-order valence-corrected chi connectivity index (χ4v) is 3.39. The number of nitrogens with zero attached hydrogens (tertiary/aromatic N) is 2. The number of piperidine rings is 1. The Labute approximate surface area is 121 Å². The molecular formula is C16H25N3O. The summed E-state index contributed by atoms with van der Waals surface area (Å²) >= 11 is 0. The monoisotopic (exact) mass is 275 g/mol. The van der Waals surface area contributed by atoms with Crippen LogP contribution in [0.15, 0.2) is 18.2 Å². The number of nitrogens with two attached hydrogens (primary N) is 1. The van der Waals surface area contributed by atoms with E-state index in [2.05, 4.69) is 21.9 Å². The number of piperazine rings is 1. The van der Waals surface area contributed by atoms with Crippen LogP contribution < -0.4 is 15.4 Å². The first-order valence-corrected chi connectivity index (χ1v) is 7.79. The van der Waals surface area contributed by atoms with Crippen molar-refractivity contribution in [1.82, 2.24) is 4.90 Å². The lowest BCUT2D eigenvalue weighted by Gasteiger charge is -2.45. The van der Waals surface area contributed by atoms with Gasteiger partial charge in [0.25, 0.3) is 0 Å². The second-order valence-corrected chi connectivity index (χ2v) is 5.79. The van der Waals surface area contributed by atoms with Gasteiger partial charge >= 0.3 is 0 Å². The average molecular weight is 275 g/mol. The highest BCUT2D eigenvalue weighted by molar-refractivity contribution is 5.62. The van der Waals surface area contributed by atoms with E-state index in [9.17, 15) is 0 Å². The second-order valence-electron chi connectivity index (χ2n) is 5.79. The van der Waals surface area contributed by atoms with Crippen molar-refractivity contribution in [2.75, 3.05) is 43.4 Å². The van der Waals surface area contributed by atoms with E-state index in [1.807, 2.05) is 13.0 Å². The predicted octanol–water partition coefficient (Wildman–Crippen LogP) is 2.34. The first-order chi connectivity index (χ1) is 9.78. The van der Waals surface area contributed by atoms with Crippen molar-refractivity contribution in [2.45, 2.75) is 32.2 Å². The predicted molar refractivity (Wildman–Crippen MR) is 83.4 cm³/mol. The summed E-state index contributed by atoms with van der Waals surface area (Å²) < 4.78 is 5.61. The highest BCUT2D eigenvalue weighted by atomic mass is 16.5. The SMILES string of the molecule is CCOc1cc(N2CCN3CCCCC3C2)ccc1N. The summed E-state index contributed by atoms with van der Waals surface area (Å²) in [7, 11) is 0. The molecule has 0 bridgehead atoms. The van der Waals surface area contributed by atoms with Gasteiger partial charge in [0, 0.05) is 37.4 Å². The molecule has 110 valence electrons. The van der Waals surface area contributed by atoms with Gasteiger partial charge in [-0.15, -0.1) is 0 Å². The van der Waals surface area contributed by atoms with Crippen molar-refractivity contribution in [3.8, 4) is 5.75 Å². The van der Waals surface area contributed by atoms with E-state index < -0.39 is 0 Å². The van der Waals surface area contributed by atoms with E-state index >= 15 is 0 Å². The lowest BCUT2D eigenvalue weighted by atomic mass is 9.99. The van der Waals surface area contributed by atoms with Crippen LogP contribution in [0.5, 0.6) is 5.75 Å². The van der Waals surface area contributed by atoms with Crippen LogP contribution in [0.2, 0.25) is 0 Å². The molecule has 20 heavy (non-hydrogen) atoms. The number of hydrogen-bond acceptors (Lipinski definition) is 4. The van der Waals surface area contributed by atoms with E-state index in [1.54, 1.807) is 0 Å². The third-order valence-corrected chi connectivity index (χ3v) is 4.50. The molecule has 2 N–H and O–H groups in total. The molecule has 0 amide bonds. The maximum Gasteiger partial charge on any atom is 0.144 e. The number of anilines is 2. The van der Waals surface area contributed by atoms with Gasteiger partial charge in [0.2, 0.25) is 0 Å². The molecule has 2 fully saturated rings. The van der Waals surface area contributed by atoms with Gasteiger partial charge in [0.1, 0.15) is 5.75 Å². The van der Waals surface area contributed by atoms with Crippen LogP contribution in [0.3, 0.4) is 0 Å². The van der Waals surface area contributed by atoms with Crippen LogP contribution in [-0.2, 0) is 0 Å². The molecule has 1 aromatic carbocycles. The summed E-state index contributed by atoms with van der Waals surface area (Å²) in [5.74, 6) is 0.816. The minimum Gasteiger partial charge on any atom is -0.492 e. The van der Waals surface area contributed by atoms with Crippen LogP contribution >= 0.6 is 0 Å². The maximum absolute atomic E-state index is 5.96. The molecule has 0 radical (unpaired) electrons. The average Bonchev–Trinajstić information content (AvgIpc) is 2.49. The summed E-state index contributed by atoms with van der Waals surface area (Å²) in [5.41, 5.74) is 7.93. The van der Waals surface area contributed by atoms with Crippen molar-refractivity contribution >= 4 is 11.4 Å². The number of rotatable bonds is 3. The second kappa shape index (κ2) is 5.92. The number of nitrogen functional groups attached to an aromatic ring is 1. The first-order valence-electron chi connectivity index (χ1n) is 7.79. The van der Waals surface area contributed by atoms with E-state index in [1.165, 1.54) is 38.0 Å². The molecule has 2 aliphatic rings. The fourth-order valence-electron chi connectivity index (χ4n) is 3.39. The van der Waals surface area contributed by atoms with Crippen molar-refractivity contribution in [2.24, 2.45) is 0 Å². The summed E-state index contributed by atoms with van der Waals surface area (Å²) in [4.78, 5) is 5.13. The Morgan fingerprint density at radius 3 is 3.00 bits per heavy atom. The van der Waals surface area contributed by atoms with Gasteiger partial charge < -0.3 is 15.4 Å². The third-order valence-electron chi connectivity index (χ3n) is 4.50. The highest BCUT2D eigenvalue weighted by Crippen LogP contribution is 2.30. The molecule has 2 saturated heterocycles. The highest BCUT2D eigenvalue weighted by Gasteiger charge is 2.29. The smallest absolute Gasteiger partial charge is 0.144 e. The van der Waals surface area contributed by atoms with Gasteiger partial charge in [0.15, 0.2) is 0 Å². The summed E-state index contributed by atoms with van der Waals surface area (Å²) in [6, 6.07) is 6.91. The summed E-state index contributed by atoms with van der Waals surface area (Å²) in [6.07, 6.45) is 4.08. The summed E-state index contributed by atoms with van der Waals surface area (Å²) in [5, 5.41) is 0. The first kappa shape index (κ1) is 13.6. The van der Waals surface area contributed by atoms with Gasteiger partial charge in [-0.1, -0.05) is 6.42 Å². The van der Waals surface area contributed by atoms with Crippen LogP contribution in [-0.4, -0.2) is 43.7 Å². The zero-order chi connectivity index (χ0) is 13.9. The van der Waals surface area contributed by atoms with Crippen LogP contribution in [0, 0.1) is 0 Å². The number of fused-ring (bicyclic) bond motifs is 1. The number of ether oxygens (including phenoxy) is 1. The lowest BCUT2D eigenvalue weighted by Crippen LogP contribution is -2.54. The van der Waals surface area contributed by atoms with Crippen molar-refractivity contribution in [1.29, 1.82) is 0 Å². The van der Waals surface area contributed by atoms with Crippen molar-refractivity contribution < 1.29 is 4.74 Å². The molecule has 2 aliphatic heterocycles. The van der Waals surface area contributed by atoms with E-state index in [0.717, 1.165) is 30.6 Å². The Hall–Kier alpha value is -1.42. The van der Waals surface area contributed by atoms with Gasteiger partial charge in [-0.2, -0.15) is 0 Å². The van der Waals surface area contributed by atoms with Crippen LogP contribution in [0.1, 0.15) is 26.2 Å². The molecule has 1 unspecified atom stereocenters. The topological polar surface area (TPSA) is 41.7 Å². The molecule has 0 spiro atoms. The van der Waals surface area contributed by atoms with Gasteiger partial charge in [-0.25, -0.2) is 0 Å². The van der Waals surface area contributed by atoms with Gasteiger partial charge in [-0.05, 0) is 38.4 Å². The van der Waals surface area contributed by atoms with Crippen molar-refractivity contribution in [3.05, 3.63) is 18.2 Å². The minimum absolute atomic E-state index is 0.657. The quantitative estimate of drug-likeness (QED) is 0.860. The Balaban J connectivity index is 1.74. The molecule has 0 aliphatic carbocycles. The Kier molecular flexibility index (Phi) is 4.01. The van der Waals surface area contributed by atoms with Gasteiger partial charge in [0.05, 0.1) is 12.3 Å². The van der Waals surface area contributed by atoms with Crippen LogP contribution in [0.25, 0.3) is 0 Å². The molecule has 1 aromatic rings. The Bertz CT molecular complexity index is 463. The molecule has 2 heterocycles. The minimum atomic E-state index is 0.657. The molecule has 1 atom stereocenters. The van der Waals surface area contributed by atoms with Crippen molar-refractivity contribution in [3.63, 3.8) is 0 Å². The normalized spacial score (nSPS) is 23.4. The van der Waals surface area contributed by atoms with Crippen LogP contribution in [0.4, 0.5) is 11.4 Å². The third kappa shape index (κ3) is 2.70. The van der Waals surface area contributed by atoms with Gasteiger partial charge in [-0.3, -0.25) is 4.90 Å². The standard InChI is InChI=1S/C16H25N3O/c1-2-20-16-11-13(6-7-15(16)17)19-10-9-18-8-4-3-5-14(18)12-19/h6-7,11,14H,2-5,8-10,12,17H2,1H3.